The third kappa shape index (κ3) is 3.95. The number of hydrogen-bond acceptors (Lipinski definition) is 4. The minimum Gasteiger partial charge on any atom is -0.462 e. The van der Waals surface area contributed by atoms with Gasteiger partial charge in [-0.3, -0.25) is 0 Å². The Morgan fingerprint density at radius 3 is 2.23 bits per heavy atom. The van der Waals surface area contributed by atoms with Crippen molar-refractivity contribution in [3.05, 3.63) is 63.6 Å². The average molecular weight is 363 g/mol. The van der Waals surface area contributed by atoms with Crippen molar-refractivity contribution in [3.63, 3.8) is 0 Å². The van der Waals surface area contributed by atoms with Gasteiger partial charge in [0.05, 0.1) is 17.7 Å². The van der Waals surface area contributed by atoms with Crippen LogP contribution in [0.2, 0.25) is 0 Å². The topological polar surface area (TPSA) is 52.6 Å². The summed E-state index contributed by atoms with van der Waals surface area (Å²) in [4.78, 5) is 23.6. The highest BCUT2D eigenvalue weighted by atomic mass is 79.9. The Balaban J connectivity index is 2.08. The molecule has 0 atom stereocenters. The van der Waals surface area contributed by atoms with Gasteiger partial charge in [0.25, 0.3) is 0 Å². The molecule has 0 radical (unpaired) electrons. The molecule has 114 valence electrons. The van der Waals surface area contributed by atoms with Gasteiger partial charge in [-0.2, -0.15) is 0 Å². The van der Waals surface area contributed by atoms with E-state index in [-0.39, 0.29) is 0 Å². The minimum absolute atomic E-state index is 0.317. The zero-order valence-electron chi connectivity index (χ0n) is 12.3. The highest BCUT2D eigenvalue weighted by molar-refractivity contribution is 9.10. The zero-order valence-corrected chi connectivity index (χ0v) is 13.8. The van der Waals surface area contributed by atoms with Crippen LogP contribution < -0.4 is 4.74 Å². The van der Waals surface area contributed by atoms with Gasteiger partial charge in [0.15, 0.2) is 0 Å². The number of carbonyl (C=O) groups is 2. The largest absolute Gasteiger partial charge is 0.462 e. The second-order valence-electron chi connectivity index (χ2n) is 4.60. The summed E-state index contributed by atoms with van der Waals surface area (Å²) in [5, 5.41) is 0. The fourth-order valence-electron chi connectivity index (χ4n) is 1.76. The number of hydrogen-bond donors (Lipinski definition) is 0. The monoisotopic (exact) mass is 362 g/mol. The standard InChI is InChI=1S/C17H15BrO4/c1-3-21-16(19)12-6-8-14(9-7-12)22-17(20)13-5-4-11(2)15(18)10-13/h4-10H,3H2,1-2H3. The number of aryl methyl sites for hydroxylation is 1. The minimum atomic E-state index is -0.454. The molecule has 22 heavy (non-hydrogen) atoms. The lowest BCUT2D eigenvalue weighted by Gasteiger charge is -2.07. The summed E-state index contributed by atoms with van der Waals surface area (Å²) in [6, 6.07) is 11.5. The first kappa shape index (κ1) is 16.2. The van der Waals surface area contributed by atoms with Crippen molar-refractivity contribution in [1.82, 2.24) is 0 Å². The Morgan fingerprint density at radius 1 is 1.00 bits per heavy atom. The van der Waals surface area contributed by atoms with Crippen molar-refractivity contribution < 1.29 is 19.1 Å². The highest BCUT2D eigenvalue weighted by Gasteiger charge is 2.11. The lowest BCUT2D eigenvalue weighted by atomic mass is 10.1. The molecule has 0 N–H and O–H groups in total. The van der Waals surface area contributed by atoms with Crippen molar-refractivity contribution in [1.29, 1.82) is 0 Å². The lowest BCUT2D eigenvalue weighted by Crippen LogP contribution is -2.09. The fourth-order valence-corrected chi connectivity index (χ4v) is 2.14. The van der Waals surface area contributed by atoms with E-state index in [1.54, 1.807) is 43.3 Å². The molecule has 0 spiro atoms. The van der Waals surface area contributed by atoms with Crippen LogP contribution in [0.15, 0.2) is 46.9 Å². The molecule has 0 fully saturated rings. The van der Waals surface area contributed by atoms with Gasteiger partial charge in [0.2, 0.25) is 0 Å². The Kier molecular flexibility index (Phi) is 5.33. The van der Waals surface area contributed by atoms with Crippen LogP contribution in [-0.2, 0) is 4.74 Å². The van der Waals surface area contributed by atoms with Crippen LogP contribution in [0.4, 0.5) is 0 Å². The van der Waals surface area contributed by atoms with E-state index in [1.807, 2.05) is 13.0 Å². The maximum atomic E-state index is 12.1. The summed E-state index contributed by atoms with van der Waals surface area (Å²) in [6.45, 7) is 4.00. The first-order valence-corrected chi connectivity index (χ1v) is 7.56. The van der Waals surface area contributed by atoms with Crippen LogP contribution in [0.3, 0.4) is 0 Å². The summed E-state index contributed by atoms with van der Waals surface area (Å²) in [7, 11) is 0. The number of halogens is 1. The predicted molar refractivity (Wildman–Crippen MR) is 86.2 cm³/mol. The van der Waals surface area contributed by atoms with Gasteiger partial charge in [-0.05, 0) is 55.8 Å². The van der Waals surface area contributed by atoms with E-state index >= 15 is 0 Å². The predicted octanol–water partition coefficient (Wildman–Crippen LogP) is 4.15. The maximum absolute atomic E-state index is 12.1. The molecule has 0 unspecified atom stereocenters. The molecule has 2 aromatic carbocycles. The summed E-state index contributed by atoms with van der Waals surface area (Å²) in [5.74, 6) is -0.484. The van der Waals surface area contributed by atoms with E-state index in [9.17, 15) is 9.59 Å². The average Bonchev–Trinajstić information content (AvgIpc) is 2.51. The normalized spacial score (nSPS) is 10.1. The quantitative estimate of drug-likeness (QED) is 0.605. The SMILES string of the molecule is CCOC(=O)c1ccc(OC(=O)c2ccc(C)c(Br)c2)cc1. The van der Waals surface area contributed by atoms with Crippen LogP contribution >= 0.6 is 15.9 Å². The van der Waals surface area contributed by atoms with Crippen LogP contribution in [0.25, 0.3) is 0 Å². The van der Waals surface area contributed by atoms with E-state index in [1.165, 1.54) is 0 Å². The second kappa shape index (κ2) is 7.22. The fraction of sp³-hybridized carbons (Fsp3) is 0.176. The number of carbonyl (C=O) groups excluding carboxylic acids is 2. The summed E-state index contributed by atoms with van der Waals surface area (Å²) < 4.78 is 11.0. The molecule has 0 amide bonds. The summed E-state index contributed by atoms with van der Waals surface area (Å²) in [5.41, 5.74) is 1.90. The van der Waals surface area contributed by atoms with Crippen LogP contribution in [0.1, 0.15) is 33.2 Å². The number of esters is 2. The van der Waals surface area contributed by atoms with E-state index in [0.29, 0.717) is 23.5 Å². The van der Waals surface area contributed by atoms with Gasteiger partial charge in [-0.25, -0.2) is 9.59 Å². The van der Waals surface area contributed by atoms with Crippen LogP contribution in [-0.4, -0.2) is 18.5 Å². The van der Waals surface area contributed by atoms with E-state index in [2.05, 4.69) is 15.9 Å². The molecule has 0 aromatic heterocycles. The first-order valence-electron chi connectivity index (χ1n) is 6.76. The van der Waals surface area contributed by atoms with Crippen molar-refractivity contribution in [2.75, 3.05) is 6.61 Å². The van der Waals surface area contributed by atoms with E-state index in [4.69, 9.17) is 9.47 Å². The summed E-state index contributed by atoms with van der Waals surface area (Å²) in [6.07, 6.45) is 0. The van der Waals surface area contributed by atoms with Gasteiger partial charge < -0.3 is 9.47 Å². The van der Waals surface area contributed by atoms with Crippen molar-refractivity contribution in [2.45, 2.75) is 13.8 Å². The molecule has 5 heteroatoms. The molecular formula is C17H15BrO4. The highest BCUT2D eigenvalue weighted by Crippen LogP contribution is 2.20. The van der Waals surface area contributed by atoms with E-state index < -0.39 is 11.9 Å². The summed E-state index contributed by atoms with van der Waals surface area (Å²) >= 11 is 3.38. The van der Waals surface area contributed by atoms with Crippen molar-refractivity contribution >= 4 is 27.9 Å². The van der Waals surface area contributed by atoms with Gasteiger partial charge >= 0.3 is 11.9 Å². The first-order chi connectivity index (χ1) is 10.5. The second-order valence-corrected chi connectivity index (χ2v) is 5.45. The Hall–Kier alpha value is -2.14. The number of ether oxygens (including phenoxy) is 2. The van der Waals surface area contributed by atoms with Gasteiger partial charge in [0, 0.05) is 4.47 Å². The molecule has 2 aromatic rings. The molecular weight excluding hydrogens is 348 g/mol. The lowest BCUT2D eigenvalue weighted by molar-refractivity contribution is 0.0526. The Labute approximate surface area is 137 Å². The van der Waals surface area contributed by atoms with Gasteiger partial charge in [-0.15, -0.1) is 0 Å². The van der Waals surface area contributed by atoms with Crippen LogP contribution in [0.5, 0.6) is 5.75 Å². The third-order valence-electron chi connectivity index (χ3n) is 2.98. The van der Waals surface area contributed by atoms with Gasteiger partial charge in [-0.1, -0.05) is 22.0 Å². The molecule has 0 saturated carbocycles. The van der Waals surface area contributed by atoms with Gasteiger partial charge in [0.1, 0.15) is 5.75 Å². The maximum Gasteiger partial charge on any atom is 0.343 e. The third-order valence-corrected chi connectivity index (χ3v) is 3.84. The molecule has 0 bridgehead atoms. The molecule has 0 aliphatic rings. The van der Waals surface area contributed by atoms with E-state index in [0.717, 1.165) is 10.0 Å². The smallest absolute Gasteiger partial charge is 0.343 e. The Morgan fingerprint density at radius 2 is 1.64 bits per heavy atom. The molecule has 2 rings (SSSR count). The zero-order chi connectivity index (χ0) is 16.1. The molecule has 0 saturated heterocycles. The van der Waals surface area contributed by atoms with Crippen molar-refractivity contribution in [2.24, 2.45) is 0 Å². The molecule has 0 aliphatic carbocycles. The molecule has 0 heterocycles. The molecule has 0 aliphatic heterocycles. The Bertz CT molecular complexity index is 692. The molecule has 4 nitrogen and oxygen atoms in total. The van der Waals surface area contributed by atoms with Crippen molar-refractivity contribution in [3.8, 4) is 5.75 Å². The van der Waals surface area contributed by atoms with Crippen LogP contribution in [0, 0.1) is 6.92 Å². The number of rotatable bonds is 4. The number of benzene rings is 2.